The summed E-state index contributed by atoms with van der Waals surface area (Å²) < 4.78 is 5.19. The smallest absolute Gasteiger partial charge is 0.281 e. The van der Waals surface area contributed by atoms with Crippen molar-refractivity contribution >= 4 is 17.5 Å². The Morgan fingerprint density at radius 1 is 1.22 bits per heavy atom. The Balaban J connectivity index is 0.00000261. The summed E-state index contributed by atoms with van der Waals surface area (Å²) in [5, 5.41) is 28.5. The third-order valence-corrected chi connectivity index (χ3v) is 4.08. The molecule has 0 radical (unpaired) electrons. The largest absolute Gasteiger partial charge is 0.338 e. The van der Waals surface area contributed by atoms with Crippen LogP contribution in [0.25, 0.3) is 0 Å². The van der Waals surface area contributed by atoms with E-state index in [0.29, 0.717) is 30.2 Å². The normalized spacial score (nSPS) is 15.1. The Morgan fingerprint density at radius 3 is 2.56 bits per heavy atom. The van der Waals surface area contributed by atoms with Crippen LogP contribution in [0, 0.1) is 34.1 Å². The number of non-ortho nitro benzene ring substituents is 1. The average Bonchev–Trinajstić information content (AvgIpc) is 3.15. The van der Waals surface area contributed by atoms with Crippen LogP contribution in [0.5, 0.6) is 0 Å². The molecule has 1 aromatic carbocycles. The summed E-state index contributed by atoms with van der Waals surface area (Å²) in [4.78, 5) is 24.8. The quantitative estimate of drug-likeness (QED) is 0.575. The third kappa shape index (κ3) is 4.19. The molecule has 11 nitrogen and oxygen atoms in total. The molecule has 1 aliphatic rings. The first kappa shape index (κ1) is 19.8. The van der Waals surface area contributed by atoms with E-state index in [2.05, 4.69) is 10.3 Å². The highest BCUT2D eigenvalue weighted by molar-refractivity contribution is 5.96. The van der Waals surface area contributed by atoms with Gasteiger partial charge in [-0.15, -0.1) is 0 Å². The van der Waals surface area contributed by atoms with E-state index in [4.69, 9.17) is 4.52 Å². The van der Waals surface area contributed by atoms with Crippen molar-refractivity contribution in [3.63, 3.8) is 0 Å². The van der Waals surface area contributed by atoms with Crippen LogP contribution in [0.3, 0.4) is 0 Å². The van der Waals surface area contributed by atoms with Crippen molar-refractivity contribution in [3.05, 3.63) is 61.3 Å². The lowest BCUT2D eigenvalue weighted by Crippen LogP contribution is -2.34. The molecule has 0 N–H and O–H groups in total. The maximum atomic E-state index is 11.0. The van der Waals surface area contributed by atoms with Gasteiger partial charge >= 0.3 is 0 Å². The summed E-state index contributed by atoms with van der Waals surface area (Å²) in [5.41, 5.74) is 2.17. The first-order valence-corrected chi connectivity index (χ1v) is 7.78. The molecule has 27 heavy (non-hydrogen) atoms. The van der Waals surface area contributed by atoms with Crippen molar-refractivity contribution in [1.82, 2.24) is 10.1 Å². The number of hydrazone groups is 1. The molecular formula is C16H20N6O5. The summed E-state index contributed by atoms with van der Waals surface area (Å²) in [6.07, 6.45) is 0. The van der Waals surface area contributed by atoms with E-state index in [-0.39, 0.29) is 25.6 Å². The van der Waals surface area contributed by atoms with Crippen molar-refractivity contribution in [2.75, 3.05) is 18.0 Å². The lowest BCUT2D eigenvalue weighted by atomic mass is 10.1. The lowest BCUT2D eigenvalue weighted by Gasteiger charge is -2.19. The Kier molecular flexibility index (Phi) is 5.73. The first-order chi connectivity index (χ1) is 12.3. The first-order valence-electron chi connectivity index (χ1n) is 7.78. The van der Waals surface area contributed by atoms with E-state index in [0.717, 1.165) is 5.56 Å². The fourth-order valence-electron chi connectivity index (χ4n) is 2.76. The molecule has 1 fully saturated rings. The molecule has 0 spiro atoms. The van der Waals surface area contributed by atoms with Crippen molar-refractivity contribution < 1.29 is 14.5 Å². The number of aryl methyl sites for hydroxylation is 2. The Morgan fingerprint density at radius 2 is 1.96 bits per heavy atom. The van der Waals surface area contributed by atoms with Crippen molar-refractivity contribution in [2.24, 2.45) is 5.10 Å². The number of nitro groups is 2. The number of hydrogen-bond donors (Lipinski definition) is 0. The molecule has 2 heterocycles. The van der Waals surface area contributed by atoms with E-state index in [9.17, 15) is 20.2 Å². The van der Waals surface area contributed by atoms with Gasteiger partial charge < -0.3 is 9.42 Å². The lowest BCUT2D eigenvalue weighted by molar-refractivity contribution is -0.485. The summed E-state index contributed by atoms with van der Waals surface area (Å²) in [7, 11) is 0. The average molecular weight is 376 g/mol. The SMILES string of the molecule is C.Cc1cc(N2CCN(Cc3cc([N+](=O)[O-])ccc3C)/C2=N\[N+](=O)[O-])on1. The van der Waals surface area contributed by atoms with Crippen LogP contribution < -0.4 is 4.90 Å². The molecular weight excluding hydrogens is 356 g/mol. The molecule has 0 amide bonds. The summed E-state index contributed by atoms with van der Waals surface area (Å²) in [6.45, 7) is 4.71. The standard InChI is InChI=1S/C15H16N6O5.CH4/c1-10-3-4-13(20(22)23)8-12(10)9-18-5-6-19(15(18)16-21(24)25)14-7-11(2)17-26-14;/h3-4,7-8H,5-6,9H2,1-2H3;1H4/b16-15+;. The number of nitro benzene ring substituents is 1. The van der Waals surface area contributed by atoms with Gasteiger partial charge in [0.25, 0.3) is 11.6 Å². The predicted molar refractivity (Wildman–Crippen MR) is 98.0 cm³/mol. The van der Waals surface area contributed by atoms with Crippen LogP contribution in [0.1, 0.15) is 24.2 Å². The van der Waals surface area contributed by atoms with Gasteiger partial charge in [-0.3, -0.25) is 15.0 Å². The van der Waals surface area contributed by atoms with E-state index in [1.807, 2.05) is 6.92 Å². The van der Waals surface area contributed by atoms with Gasteiger partial charge in [0.15, 0.2) is 5.03 Å². The topological polar surface area (TPSA) is 131 Å². The maximum Gasteiger partial charge on any atom is 0.281 e. The molecule has 3 rings (SSSR count). The monoisotopic (exact) mass is 376 g/mol. The predicted octanol–water partition coefficient (Wildman–Crippen LogP) is 2.71. The van der Waals surface area contributed by atoms with Gasteiger partial charge in [-0.25, -0.2) is 10.1 Å². The second-order valence-electron chi connectivity index (χ2n) is 5.89. The highest BCUT2D eigenvalue weighted by Crippen LogP contribution is 2.25. The van der Waals surface area contributed by atoms with Crippen LogP contribution in [0.4, 0.5) is 11.6 Å². The number of guanidine groups is 1. The van der Waals surface area contributed by atoms with Gasteiger partial charge in [0.05, 0.1) is 10.6 Å². The molecule has 0 bridgehead atoms. The number of hydrogen-bond acceptors (Lipinski definition) is 6. The van der Waals surface area contributed by atoms with Crippen LogP contribution in [0.2, 0.25) is 0 Å². The molecule has 144 valence electrons. The van der Waals surface area contributed by atoms with Crippen molar-refractivity contribution in [2.45, 2.75) is 27.8 Å². The minimum Gasteiger partial charge on any atom is -0.338 e. The minimum absolute atomic E-state index is 0. The number of nitrogens with zero attached hydrogens (tertiary/aromatic N) is 6. The van der Waals surface area contributed by atoms with Gasteiger partial charge in [0.1, 0.15) is 5.10 Å². The number of benzene rings is 1. The maximum absolute atomic E-state index is 11.0. The number of anilines is 1. The fraction of sp³-hybridized carbons (Fsp3) is 0.375. The number of aromatic nitrogens is 1. The molecule has 1 saturated heterocycles. The van der Waals surface area contributed by atoms with E-state index < -0.39 is 9.96 Å². The van der Waals surface area contributed by atoms with Gasteiger partial charge in [-0.05, 0) is 25.0 Å². The van der Waals surface area contributed by atoms with Crippen molar-refractivity contribution in [1.29, 1.82) is 0 Å². The van der Waals surface area contributed by atoms with Gasteiger partial charge in [-0.1, -0.05) is 18.6 Å². The summed E-state index contributed by atoms with van der Waals surface area (Å²) >= 11 is 0. The zero-order valence-electron chi connectivity index (χ0n) is 14.2. The molecule has 0 atom stereocenters. The van der Waals surface area contributed by atoms with E-state index >= 15 is 0 Å². The van der Waals surface area contributed by atoms with E-state index in [1.165, 1.54) is 12.1 Å². The van der Waals surface area contributed by atoms with Crippen LogP contribution in [-0.2, 0) is 6.54 Å². The van der Waals surface area contributed by atoms with Crippen LogP contribution in [0.15, 0.2) is 33.9 Å². The minimum atomic E-state index is -0.774. The molecule has 1 aromatic heterocycles. The molecule has 0 aliphatic carbocycles. The highest BCUT2D eigenvalue weighted by Gasteiger charge is 2.33. The second-order valence-corrected chi connectivity index (χ2v) is 5.89. The highest BCUT2D eigenvalue weighted by atomic mass is 16.7. The Labute approximate surface area is 155 Å². The summed E-state index contributed by atoms with van der Waals surface area (Å²) in [5.74, 6) is 0.471. The molecule has 2 aromatic rings. The van der Waals surface area contributed by atoms with Gasteiger partial charge in [0, 0.05) is 37.8 Å². The zero-order valence-corrected chi connectivity index (χ0v) is 14.2. The Hall–Kier alpha value is -3.50. The van der Waals surface area contributed by atoms with Gasteiger partial charge in [-0.2, -0.15) is 0 Å². The molecule has 0 unspecified atom stereocenters. The Bertz CT molecular complexity index is 893. The van der Waals surface area contributed by atoms with Crippen LogP contribution in [-0.4, -0.2) is 39.1 Å². The zero-order chi connectivity index (χ0) is 18.8. The van der Waals surface area contributed by atoms with Crippen LogP contribution >= 0.6 is 0 Å². The van der Waals surface area contributed by atoms with E-state index in [1.54, 1.807) is 28.9 Å². The van der Waals surface area contributed by atoms with Gasteiger partial charge in [0.2, 0.25) is 5.88 Å². The molecule has 11 heteroatoms. The summed E-state index contributed by atoms with van der Waals surface area (Å²) in [6, 6.07) is 6.22. The fourth-order valence-corrected chi connectivity index (χ4v) is 2.76. The third-order valence-electron chi connectivity index (χ3n) is 4.08. The van der Waals surface area contributed by atoms with Crippen molar-refractivity contribution in [3.8, 4) is 0 Å². The number of rotatable bonds is 5. The molecule has 0 saturated carbocycles. The second kappa shape index (κ2) is 7.81. The molecule has 1 aliphatic heterocycles.